The van der Waals surface area contributed by atoms with E-state index in [1.54, 1.807) is 0 Å². The molecule has 0 bridgehead atoms. The smallest absolute Gasteiger partial charge is 0.297 e. The molecule has 3 rings (SSSR count). The molecule has 0 radical (unpaired) electrons. The van der Waals surface area contributed by atoms with E-state index in [9.17, 15) is 26.7 Å². The van der Waals surface area contributed by atoms with Crippen molar-refractivity contribution in [2.75, 3.05) is 13.2 Å². The zero-order valence-electron chi connectivity index (χ0n) is 18.6. The number of imidazole rings is 1. The van der Waals surface area contributed by atoms with Crippen LogP contribution in [-0.4, -0.2) is 53.4 Å². The van der Waals surface area contributed by atoms with E-state index in [1.165, 1.54) is 14.0 Å². The summed E-state index contributed by atoms with van der Waals surface area (Å²) in [5.41, 5.74) is -0.680. The van der Waals surface area contributed by atoms with Gasteiger partial charge in [-0.25, -0.2) is 22.0 Å². The van der Waals surface area contributed by atoms with Gasteiger partial charge in [-0.05, 0) is 25.7 Å². The number of aromatic nitrogens is 2. The minimum absolute atomic E-state index is 0.00265. The fraction of sp³-hybridized carbons (Fsp3) is 0.636. The van der Waals surface area contributed by atoms with Crippen molar-refractivity contribution in [1.82, 2.24) is 9.55 Å². The lowest BCUT2D eigenvalue weighted by Crippen LogP contribution is -2.41. The van der Waals surface area contributed by atoms with Crippen molar-refractivity contribution >= 4 is 16.8 Å². The van der Waals surface area contributed by atoms with E-state index < -0.39 is 48.8 Å². The molecule has 11 heteroatoms. The highest BCUT2D eigenvalue weighted by Crippen LogP contribution is 2.33. The number of Topliss-reactive ketones (excluding diaryl/α,β-unsaturated/α-hetero) is 1. The third kappa shape index (κ3) is 6.13. The first-order valence-corrected chi connectivity index (χ1v) is 10.7. The lowest BCUT2D eigenvalue weighted by molar-refractivity contribution is -0.118. The summed E-state index contributed by atoms with van der Waals surface area (Å²) in [7, 11) is 1.36. The Morgan fingerprint density at radius 1 is 1.36 bits per heavy atom. The normalized spacial score (nSPS) is 22.0. The number of halogens is 5. The maximum Gasteiger partial charge on any atom is 0.297 e. The number of alkyl halides is 3. The molecule has 0 aliphatic carbocycles. The number of ketones is 1. The number of nitrogens with zero attached hydrogens (tertiary/aromatic N) is 2. The Hall–Kier alpha value is -2.43. The number of ether oxygens (including phenoxy) is 3. The van der Waals surface area contributed by atoms with Crippen molar-refractivity contribution in [2.45, 2.75) is 64.3 Å². The highest BCUT2D eigenvalue weighted by molar-refractivity contribution is 5.80. The average Bonchev–Trinajstić information content (AvgIpc) is 3.05. The van der Waals surface area contributed by atoms with Gasteiger partial charge in [0.25, 0.3) is 12.4 Å². The molecule has 2 aromatic rings. The maximum atomic E-state index is 14.7. The summed E-state index contributed by atoms with van der Waals surface area (Å²) in [4.78, 5) is 15.1. The van der Waals surface area contributed by atoms with Crippen molar-refractivity contribution < 1.29 is 41.0 Å². The topological polar surface area (TPSA) is 62.6 Å². The molecule has 2 heterocycles. The van der Waals surface area contributed by atoms with E-state index in [0.717, 1.165) is 4.57 Å². The molecule has 0 amide bonds. The van der Waals surface area contributed by atoms with Crippen LogP contribution in [0.15, 0.2) is 6.07 Å². The van der Waals surface area contributed by atoms with E-state index >= 15 is 0 Å². The van der Waals surface area contributed by atoms with Gasteiger partial charge in [-0.15, -0.1) is 0 Å². The highest BCUT2D eigenvalue weighted by Gasteiger charge is 2.34. The van der Waals surface area contributed by atoms with Crippen molar-refractivity contribution in [3.63, 3.8) is 0 Å². The van der Waals surface area contributed by atoms with Gasteiger partial charge in [0.1, 0.15) is 35.7 Å². The molecule has 1 aliphatic heterocycles. The zero-order valence-corrected chi connectivity index (χ0v) is 18.6. The second-order valence-corrected chi connectivity index (χ2v) is 8.48. The molecule has 1 aromatic carbocycles. The Kier molecular flexibility index (Phi) is 8.14. The van der Waals surface area contributed by atoms with E-state index in [4.69, 9.17) is 9.47 Å². The largest absolute Gasteiger partial charge is 0.484 e. The lowest BCUT2D eigenvalue weighted by atomic mass is 9.94. The SMILES string of the molecule is CC(=O)C[C@@H](C)CC[C@H]1OC[C@H](Oc2nc3c(F)cc(OCC(F)F)c(F)c3n2C)C[C@@H]1F. The summed E-state index contributed by atoms with van der Waals surface area (Å²) in [6.07, 6.45) is -3.97. The number of carbonyl (C=O) groups excluding carboxylic acids is 1. The maximum absolute atomic E-state index is 14.7. The summed E-state index contributed by atoms with van der Waals surface area (Å²) >= 11 is 0. The fourth-order valence-electron chi connectivity index (χ4n) is 3.97. The Morgan fingerprint density at radius 3 is 2.73 bits per heavy atom. The number of rotatable bonds is 10. The molecule has 33 heavy (non-hydrogen) atoms. The third-order valence-electron chi connectivity index (χ3n) is 5.57. The van der Waals surface area contributed by atoms with E-state index in [2.05, 4.69) is 9.72 Å². The van der Waals surface area contributed by atoms with E-state index in [1.807, 2.05) is 6.92 Å². The quantitative estimate of drug-likeness (QED) is 0.461. The molecular formula is C22H27F5N2O4. The summed E-state index contributed by atoms with van der Waals surface area (Å²) in [5, 5.41) is 0. The van der Waals surface area contributed by atoms with Crippen molar-refractivity contribution in [1.29, 1.82) is 0 Å². The van der Waals surface area contributed by atoms with Gasteiger partial charge in [0.05, 0.1) is 12.7 Å². The Bertz CT molecular complexity index is 984. The monoisotopic (exact) mass is 478 g/mol. The minimum atomic E-state index is -2.85. The Morgan fingerprint density at radius 2 is 2.09 bits per heavy atom. The fourth-order valence-corrected chi connectivity index (χ4v) is 3.97. The second-order valence-electron chi connectivity index (χ2n) is 8.48. The third-order valence-corrected chi connectivity index (χ3v) is 5.57. The number of hydrogen-bond acceptors (Lipinski definition) is 5. The van der Waals surface area contributed by atoms with Crippen LogP contribution in [0.3, 0.4) is 0 Å². The van der Waals surface area contributed by atoms with Gasteiger partial charge in [0.2, 0.25) is 0 Å². The molecule has 1 aliphatic rings. The molecule has 0 N–H and O–H groups in total. The first-order valence-electron chi connectivity index (χ1n) is 10.7. The summed E-state index contributed by atoms with van der Waals surface area (Å²) in [6, 6.07) is 0.485. The molecule has 1 fully saturated rings. The molecule has 0 saturated carbocycles. The number of carbonyl (C=O) groups is 1. The van der Waals surface area contributed by atoms with Crippen LogP contribution in [0.1, 0.15) is 39.5 Å². The first-order chi connectivity index (χ1) is 15.6. The van der Waals surface area contributed by atoms with Gasteiger partial charge in [-0.1, -0.05) is 6.92 Å². The second kappa shape index (κ2) is 10.7. The summed E-state index contributed by atoms with van der Waals surface area (Å²) in [5.74, 6) is -2.47. The van der Waals surface area contributed by atoms with E-state index in [-0.39, 0.29) is 41.8 Å². The van der Waals surface area contributed by atoms with Gasteiger partial charge in [0, 0.05) is 26.0 Å². The molecule has 4 atom stereocenters. The molecule has 0 unspecified atom stereocenters. The predicted molar refractivity (Wildman–Crippen MR) is 109 cm³/mol. The number of benzene rings is 1. The van der Waals surface area contributed by atoms with Crippen molar-refractivity contribution in [3.8, 4) is 11.8 Å². The van der Waals surface area contributed by atoms with Crippen LogP contribution in [0.5, 0.6) is 11.8 Å². The van der Waals surface area contributed by atoms with Gasteiger partial charge < -0.3 is 19.0 Å². The Labute approximate surface area is 188 Å². The van der Waals surface area contributed by atoms with Crippen LogP contribution in [-0.2, 0) is 16.6 Å². The first kappa shape index (κ1) is 25.2. The minimum Gasteiger partial charge on any atom is -0.484 e. The average molecular weight is 478 g/mol. The molecule has 6 nitrogen and oxygen atoms in total. The van der Waals surface area contributed by atoms with Gasteiger partial charge in [-0.2, -0.15) is 4.98 Å². The summed E-state index contributed by atoms with van der Waals surface area (Å²) < 4.78 is 85.6. The van der Waals surface area contributed by atoms with Crippen molar-refractivity contribution in [3.05, 3.63) is 17.7 Å². The molecule has 1 aromatic heterocycles. The number of fused-ring (bicyclic) bond motifs is 1. The summed E-state index contributed by atoms with van der Waals surface area (Å²) in [6.45, 7) is 2.42. The zero-order chi connectivity index (χ0) is 24.3. The molecule has 0 spiro atoms. The van der Waals surface area contributed by atoms with Crippen LogP contribution in [0, 0.1) is 17.6 Å². The molecule has 1 saturated heterocycles. The van der Waals surface area contributed by atoms with Crippen LogP contribution in [0.2, 0.25) is 0 Å². The molecule has 184 valence electrons. The van der Waals surface area contributed by atoms with Crippen LogP contribution >= 0.6 is 0 Å². The molecular weight excluding hydrogens is 451 g/mol. The van der Waals surface area contributed by atoms with E-state index in [0.29, 0.717) is 25.3 Å². The standard InChI is InChI=1S/C22H27F5N2O4/c1-11(6-12(2)30)4-5-16-14(23)7-13(9-31-16)33-22-28-20-15(24)8-17(32-10-18(25)26)19(27)21(20)29(22)3/h8,11,13-14,16,18H,4-7,9-10H2,1-3H3/t11-,13+,14-,16+/m0/s1. The van der Waals surface area contributed by atoms with Crippen LogP contribution in [0.4, 0.5) is 22.0 Å². The van der Waals surface area contributed by atoms with Crippen LogP contribution in [0.25, 0.3) is 11.0 Å². The van der Waals surface area contributed by atoms with Gasteiger partial charge in [0.15, 0.2) is 17.4 Å². The van der Waals surface area contributed by atoms with Gasteiger partial charge >= 0.3 is 0 Å². The highest BCUT2D eigenvalue weighted by atomic mass is 19.3. The predicted octanol–water partition coefficient (Wildman–Crippen LogP) is 4.77. The van der Waals surface area contributed by atoms with Crippen LogP contribution < -0.4 is 9.47 Å². The van der Waals surface area contributed by atoms with Gasteiger partial charge in [-0.3, -0.25) is 4.57 Å². The lowest BCUT2D eigenvalue weighted by Gasteiger charge is -2.32. The Balaban J connectivity index is 1.66. The number of hydrogen-bond donors (Lipinski definition) is 0. The van der Waals surface area contributed by atoms with Crippen molar-refractivity contribution in [2.24, 2.45) is 13.0 Å². The number of aryl methyl sites for hydroxylation is 1.